The topological polar surface area (TPSA) is 48.0 Å². The minimum atomic E-state index is -0.324. The molecular formula is C26H27NO4. The first-order chi connectivity index (χ1) is 15.2. The van der Waals surface area contributed by atoms with E-state index in [4.69, 9.17) is 14.2 Å². The number of hydrogen-bond donors (Lipinski definition) is 0. The molecule has 0 bridgehead atoms. The van der Waals surface area contributed by atoms with Crippen molar-refractivity contribution in [2.24, 2.45) is 0 Å². The maximum absolute atomic E-state index is 13.1. The molecule has 3 aromatic rings. The van der Waals surface area contributed by atoms with Crippen LogP contribution in [0.3, 0.4) is 0 Å². The van der Waals surface area contributed by atoms with Gasteiger partial charge in [0.15, 0.2) is 0 Å². The predicted molar refractivity (Wildman–Crippen MR) is 119 cm³/mol. The number of ether oxygens (including phenoxy) is 3. The van der Waals surface area contributed by atoms with Crippen molar-refractivity contribution in [1.82, 2.24) is 4.90 Å². The fourth-order valence-corrected chi connectivity index (χ4v) is 3.91. The van der Waals surface area contributed by atoms with Crippen LogP contribution in [-0.4, -0.2) is 31.1 Å². The van der Waals surface area contributed by atoms with Gasteiger partial charge in [0, 0.05) is 13.1 Å². The Bertz CT molecular complexity index is 1010. The highest BCUT2D eigenvalue weighted by molar-refractivity contribution is 5.76. The molecule has 0 aliphatic carbocycles. The zero-order valence-electron chi connectivity index (χ0n) is 17.9. The van der Waals surface area contributed by atoms with Crippen molar-refractivity contribution in [2.75, 3.05) is 14.2 Å². The van der Waals surface area contributed by atoms with Gasteiger partial charge in [-0.15, -0.1) is 0 Å². The van der Waals surface area contributed by atoms with Gasteiger partial charge in [-0.3, -0.25) is 9.69 Å². The summed E-state index contributed by atoms with van der Waals surface area (Å²) in [6.07, 6.45) is 0.647. The highest BCUT2D eigenvalue weighted by atomic mass is 16.5. The Morgan fingerprint density at radius 1 is 0.839 bits per heavy atom. The second kappa shape index (κ2) is 9.67. The van der Waals surface area contributed by atoms with Crippen molar-refractivity contribution >= 4 is 5.97 Å². The number of hydrogen-bond acceptors (Lipinski definition) is 5. The van der Waals surface area contributed by atoms with E-state index in [1.54, 1.807) is 14.2 Å². The molecule has 1 aliphatic heterocycles. The predicted octanol–water partition coefficient (Wildman–Crippen LogP) is 4.37. The summed E-state index contributed by atoms with van der Waals surface area (Å²) in [5.41, 5.74) is 4.54. The van der Waals surface area contributed by atoms with Crippen LogP contribution in [-0.2, 0) is 35.6 Å². The van der Waals surface area contributed by atoms with E-state index in [1.165, 1.54) is 11.1 Å². The largest absolute Gasteiger partial charge is 0.497 e. The van der Waals surface area contributed by atoms with E-state index in [-0.39, 0.29) is 18.6 Å². The summed E-state index contributed by atoms with van der Waals surface area (Å²) in [7, 11) is 3.29. The van der Waals surface area contributed by atoms with Crippen LogP contribution in [0.2, 0.25) is 0 Å². The van der Waals surface area contributed by atoms with Gasteiger partial charge in [0.1, 0.15) is 24.1 Å². The molecule has 31 heavy (non-hydrogen) atoms. The molecule has 0 aromatic heterocycles. The maximum Gasteiger partial charge on any atom is 0.324 e. The normalized spacial score (nSPS) is 15.7. The Balaban J connectivity index is 1.49. The van der Waals surface area contributed by atoms with Crippen LogP contribution < -0.4 is 9.47 Å². The van der Waals surface area contributed by atoms with Crippen molar-refractivity contribution in [2.45, 2.75) is 32.2 Å². The number of esters is 1. The van der Waals surface area contributed by atoms with Crippen molar-refractivity contribution in [3.8, 4) is 11.5 Å². The summed E-state index contributed by atoms with van der Waals surface area (Å²) >= 11 is 0. The van der Waals surface area contributed by atoms with Gasteiger partial charge in [-0.1, -0.05) is 48.5 Å². The fourth-order valence-electron chi connectivity index (χ4n) is 3.91. The van der Waals surface area contributed by atoms with Crippen LogP contribution in [0.1, 0.15) is 22.3 Å². The van der Waals surface area contributed by atoms with Gasteiger partial charge in [-0.05, 0) is 52.9 Å². The van der Waals surface area contributed by atoms with Gasteiger partial charge in [-0.25, -0.2) is 0 Å². The highest BCUT2D eigenvalue weighted by Crippen LogP contribution is 2.26. The minimum absolute atomic E-state index is 0.196. The Labute approximate surface area is 183 Å². The quantitative estimate of drug-likeness (QED) is 0.534. The fraction of sp³-hybridized carbons (Fsp3) is 0.269. The number of fused-ring (bicyclic) bond motifs is 1. The highest BCUT2D eigenvalue weighted by Gasteiger charge is 2.32. The lowest BCUT2D eigenvalue weighted by Gasteiger charge is -2.35. The van der Waals surface area contributed by atoms with Crippen LogP contribution in [0, 0.1) is 0 Å². The number of rotatable bonds is 7. The summed E-state index contributed by atoms with van der Waals surface area (Å²) < 4.78 is 16.2. The Kier molecular flexibility index (Phi) is 6.53. The number of nitrogens with zero attached hydrogens (tertiary/aromatic N) is 1. The lowest BCUT2D eigenvalue weighted by atomic mass is 9.93. The summed E-state index contributed by atoms with van der Waals surface area (Å²) in [5, 5.41) is 0. The Morgan fingerprint density at radius 2 is 1.42 bits per heavy atom. The van der Waals surface area contributed by atoms with Gasteiger partial charge in [0.25, 0.3) is 0 Å². The van der Waals surface area contributed by atoms with Gasteiger partial charge < -0.3 is 14.2 Å². The van der Waals surface area contributed by atoms with Crippen molar-refractivity contribution in [3.63, 3.8) is 0 Å². The third kappa shape index (κ3) is 5.06. The lowest BCUT2D eigenvalue weighted by molar-refractivity contribution is -0.152. The first-order valence-corrected chi connectivity index (χ1v) is 10.4. The molecule has 0 saturated carbocycles. The average Bonchev–Trinajstić information content (AvgIpc) is 2.83. The monoisotopic (exact) mass is 417 g/mol. The molecule has 4 rings (SSSR count). The second-order valence-corrected chi connectivity index (χ2v) is 7.70. The van der Waals surface area contributed by atoms with Crippen LogP contribution in [0.4, 0.5) is 0 Å². The van der Waals surface area contributed by atoms with Crippen molar-refractivity contribution in [1.29, 1.82) is 0 Å². The van der Waals surface area contributed by atoms with Gasteiger partial charge in [0.05, 0.1) is 14.2 Å². The molecule has 0 saturated heterocycles. The van der Waals surface area contributed by atoms with Crippen LogP contribution in [0.25, 0.3) is 0 Å². The number of carbonyl (C=O) groups excluding carboxylic acids is 1. The molecule has 0 fully saturated rings. The second-order valence-electron chi connectivity index (χ2n) is 7.70. The molecule has 0 radical (unpaired) electrons. The molecule has 0 N–H and O–H groups in total. The number of carbonyl (C=O) groups is 1. The molecule has 160 valence electrons. The Hall–Kier alpha value is -3.31. The van der Waals surface area contributed by atoms with Crippen molar-refractivity contribution in [3.05, 3.63) is 95.1 Å². The van der Waals surface area contributed by atoms with Crippen molar-refractivity contribution < 1.29 is 19.0 Å². The molecular weight excluding hydrogens is 390 g/mol. The van der Waals surface area contributed by atoms with Gasteiger partial charge >= 0.3 is 5.97 Å². The molecule has 1 heterocycles. The smallest absolute Gasteiger partial charge is 0.324 e. The lowest BCUT2D eigenvalue weighted by Crippen LogP contribution is -2.45. The first kappa shape index (κ1) is 20.9. The van der Waals surface area contributed by atoms with E-state index in [9.17, 15) is 4.79 Å². The third-order valence-corrected chi connectivity index (χ3v) is 5.70. The summed E-state index contributed by atoms with van der Waals surface area (Å²) in [4.78, 5) is 15.3. The molecule has 1 aliphatic rings. The number of methoxy groups -OCH3 is 2. The summed E-state index contributed by atoms with van der Waals surface area (Å²) in [6, 6.07) is 23.5. The molecule has 1 unspecified atom stereocenters. The molecule has 0 amide bonds. The standard InChI is InChI=1S/C26H27NO4/c1-29-23-11-7-19(8-12-23)16-27-17-22-6-4-3-5-21(22)15-25(27)26(28)31-18-20-9-13-24(30-2)14-10-20/h3-14,25H,15-18H2,1-2H3. The van der Waals surface area contributed by atoms with E-state index in [0.717, 1.165) is 22.6 Å². The SMILES string of the molecule is COc1ccc(COC(=O)C2Cc3ccccc3CN2Cc2ccc(OC)cc2)cc1. The molecule has 5 heteroatoms. The van der Waals surface area contributed by atoms with Gasteiger partial charge in [0.2, 0.25) is 0 Å². The summed E-state index contributed by atoms with van der Waals surface area (Å²) in [5.74, 6) is 1.41. The molecule has 3 aromatic carbocycles. The maximum atomic E-state index is 13.1. The molecule has 0 spiro atoms. The van der Waals surface area contributed by atoms with E-state index >= 15 is 0 Å². The third-order valence-electron chi connectivity index (χ3n) is 5.70. The Morgan fingerprint density at radius 3 is 2.03 bits per heavy atom. The van der Waals surface area contributed by atoms with E-state index in [1.807, 2.05) is 60.7 Å². The molecule has 5 nitrogen and oxygen atoms in total. The van der Waals surface area contributed by atoms with Crippen LogP contribution >= 0.6 is 0 Å². The molecule has 1 atom stereocenters. The van der Waals surface area contributed by atoms with Crippen LogP contribution in [0.5, 0.6) is 11.5 Å². The minimum Gasteiger partial charge on any atom is -0.497 e. The zero-order valence-corrected chi connectivity index (χ0v) is 17.9. The summed E-state index contributed by atoms with van der Waals surface area (Å²) in [6.45, 7) is 1.63. The van der Waals surface area contributed by atoms with E-state index < -0.39 is 0 Å². The van der Waals surface area contributed by atoms with E-state index in [2.05, 4.69) is 17.0 Å². The van der Waals surface area contributed by atoms with E-state index in [0.29, 0.717) is 19.5 Å². The zero-order chi connectivity index (χ0) is 21.6. The van der Waals surface area contributed by atoms with Crippen LogP contribution in [0.15, 0.2) is 72.8 Å². The van der Waals surface area contributed by atoms with Gasteiger partial charge in [-0.2, -0.15) is 0 Å². The average molecular weight is 418 g/mol. The first-order valence-electron chi connectivity index (χ1n) is 10.4. The number of benzene rings is 3.